The molecule has 0 spiro atoms. The number of nitrogens with zero attached hydrogens (tertiary/aromatic N) is 5. The summed E-state index contributed by atoms with van der Waals surface area (Å²) < 4.78 is 6.32. The van der Waals surface area contributed by atoms with E-state index in [0.717, 1.165) is 34.6 Å². The van der Waals surface area contributed by atoms with Crippen molar-refractivity contribution < 1.29 is 9.32 Å². The molecule has 1 saturated heterocycles. The summed E-state index contributed by atoms with van der Waals surface area (Å²) in [7, 11) is 0. The average molecular weight is 517 g/mol. The first-order valence-corrected chi connectivity index (χ1v) is 12.0. The standard InChI is InChI=1S/C23H23BrClN5O2/c24-17-6-7-19(25)18(13-17)23(31)30-11-9-29(10-12-30)20-8-5-16(14-26-20)21-27-22(32-28-21)15-3-1-2-4-15/h5-8,13-15H,1-4,9-12H2. The molecule has 32 heavy (non-hydrogen) atoms. The predicted octanol–water partition coefficient (Wildman–Crippen LogP) is 5.17. The number of halogens is 2. The van der Waals surface area contributed by atoms with Gasteiger partial charge in [-0.25, -0.2) is 4.98 Å². The van der Waals surface area contributed by atoms with Crippen LogP contribution in [0.15, 0.2) is 45.5 Å². The highest BCUT2D eigenvalue weighted by Gasteiger charge is 2.25. The van der Waals surface area contributed by atoms with Crippen LogP contribution in [0.5, 0.6) is 0 Å². The number of hydrogen-bond acceptors (Lipinski definition) is 6. The molecule has 5 rings (SSSR count). The smallest absolute Gasteiger partial charge is 0.255 e. The molecule has 9 heteroatoms. The summed E-state index contributed by atoms with van der Waals surface area (Å²) >= 11 is 9.64. The zero-order valence-corrected chi connectivity index (χ0v) is 19.8. The quantitative estimate of drug-likeness (QED) is 0.476. The highest BCUT2D eigenvalue weighted by atomic mass is 79.9. The second-order valence-corrected chi connectivity index (χ2v) is 9.57. The van der Waals surface area contributed by atoms with E-state index in [2.05, 4.69) is 36.0 Å². The van der Waals surface area contributed by atoms with Gasteiger partial charge in [-0.15, -0.1) is 0 Å². The molecule has 1 amide bonds. The molecule has 3 aromatic rings. The number of carbonyl (C=O) groups excluding carboxylic acids is 1. The lowest BCUT2D eigenvalue weighted by atomic mass is 10.1. The maximum absolute atomic E-state index is 12.9. The van der Waals surface area contributed by atoms with Crippen molar-refractivity contribution in [1.29, 1.82) is 0 Å². The monoisotopic (exact) mass is 515 g/mol. The lowest BCUT2D eigenvalue weighted by Crippen LogP contribution is -2.49. The molecule has 166 valence electrons. The topological polar surface area (TPSA) is 75.4 Å². The Morgan fingerprint density at radius 1 is 1.09 bits per heavy atom. The Kier molecular flexibility index (Phi) is 6.15. The van der Waals surface area contributed by atoms with E-state index < -0.39 is 0 Å². The third-order valence-corrected chi connectivity index (χ3v) is 7.02. The van der Waals surface area contributed by atoms with Gasteiger partial charge in [-0.05, 0) is 43.2 Å². The maximum Gasteiger partial charge on any atom is 0.255 e. The molecule has 7 nitrogen and oxygen atoms in total. The lowest BCUT2D eigenvalue weighted by molar-refractivity contribution is 0.0746. The minimum Gasteiger partial charge on any atom is -0.353 e. The molecule has 1 aromatic carbocycles. The van der Waals surface area contributed by atoms with Crippen LogP contribution >= 0.6 is 27.5 Å². The molecule has 0 radical (unpaired) electrons. The van der Waals surface area contributed by atoms with Gasteiger partial charge in [-0.3, -0.25) is 4.79 Å². The van der Waals surface area contributed by atoms with Gasteiger partial charge in [-0.1, -0.05) is 45.5 Å². The van der Waals surface area contributed by atoms with E-state index in [1.165, 1.54) is 12.8 Å². The Balaban J connectivity index is 1.21. The van der Waals surface area contributed by atoms with Crippen LogP contribution in [0.3, 0.4) is 0 Å². The van der Waals surface area contributed by atoms with Crippen molar-refractivity contribution in [2.45, 2.75) is 31.6 Å². The zero-order valence-electron chi connectivity index (χ0n) is 17.5. The molecular weight excluding hydrogens is 494 g/mol. The van der Waals surface area contributed by atoms with E-state index in [-0.39, 0.29) is 5.91 Å². The van der Waals surface area contributed by atoms with Crippen LogP contribution in [0.4, 0.5) is 5.82 Å². The van der Waals surface area contributed by atoms with Gasteiger partial charge in [0.25, 0.3) is 5.91 Å². The summed E-state index contributed by atoms with van der Waals surface area (Å²) in [5.41, 5.74) is 1.37. The van der Waals surface area contributed by atoms with Gasteiger partial charge < -0.3 is 14.3 Å². The number of amides is 1. The number of pyridine rings is 1. The van der Waals surface area contributed by atoms with Gasteiger partial charge in [0.2, 0.25) is 11.7 Å². The van der Waals surface area contributed by atoms with Gasteiger partial charge >= 0.3 is 0 Å². The SMILES string of the molecule is O=C(c1cc(Br)ccc1Cl)N1CCN(c2ccc(-c3noc(C4CCCC4)n3)cn2)CC1. The van der Waals surface area contributed by atoms with E-state index >= 15 is 0 Å². The van der Waals surface area contributed by atoms with Crippen LogP contribution in [0, 0.1) is 0 Å². The molecule has 2 fully saturated rings. The number of piperazine rings is 1. The minimum absolute atomic E-state index is 0.0468. The highest BCUT2D eigenvalue weighted by molar-refractivity contribution is 9.10. The van der Waals surface area contributed by atoms with E-state index in [0.29, 0.717) is 48.5 Å². The van der Waals surface area contributed by atoms with Crippen molar-refractivity contribution in [3.8, 4) is 11.4 Å². The van der Waals surface area contributed by atoms with Crippen LogP contribution in [0.2, 0.25) is 5.02 Å². The molecular formula is C23H23BrClN5O2. The first-order chi connectivity index (χ1) is 15.6. The second-order valence-electron chi connectivity index (χ2n) is 8.25. The fourth-order valence-electron chi connectivity index (χ4n) is 4.37. The number of anilines is 1. The van der Waals surface area contributed by atoms with Crippen LogP contribution in [-0.4, -0.2) is 52.1 Å². The Bertz CT molecular complexity index is 1110. The van der Waals surface area contributed by atoms with Crippen molar-refractivity contribution in [2.24, 2.45) is 0 Å². The maximum atomic E-state index is 12.9. The Morgan fingerprint density at radius 3 is 2.59 bits per heavy atom. The molecule has 1 aliphatic heterocycles. The summed E-state index contributed by atoms with van der Waals surface area (Å²) in [6.45, 7) is 2.64. The van der Waals surface area contributed by atoms with E-state index in [1.807, 2.05) is 23.1 Å². The highest BCUT2D eigenvalue weighted by Crippen LogP contribution is 2.34. The van der Waals surface area contributed by atoms with Gasteiger partial charge in [0, 0.05) is 48.3 Å². The largest absolute Gasteiger partial charge is 0.353 e. The first-order valence-electron chi connectivity index (χ1n) is 10.9. The number of aromatic nitrogens is 3. The fourth-order valence-corrected chi connectivity index (χ4v) is 4.93. The van der Waals surface area contributed by atoms with Crippen LogP contribution in [0.1, 0.15) is 47.8 Å². The van der Waals surface area contributed by atoms with Crippen molar-refractivity contribution >= 4 is 39.3 Å². The van der Waals surface area contributed by atoms with Crippen LogP contribution < -0.4 is 4.90 Å². The molecule has 0 N–H and O–H groups in total. The van der Waals surface area contributed by atoms with E-state index in [9.17, 15) is 4.79 Å². The molecule has 2 aliphatic rings. The van der Waals surface area contributed by atoms with Gasteiger partial charge in [0.05, 0.1) is 10.6 Å². The van der Waals surface area contributed by atoms with Crippen LogP contribution in [0.25, 0.3) is 11.4 Å². The number of hydrogen-bond donors (Lipinski definition) is 0. The minimum atomic E-state index is -0.0468. The predicted molar refractivity (Wildman–Crippen MR) is 126 cm³/mol. The summed E-state index contributed by atoms with van der Waals surface area (Å²) in [6, 6.07) is 9.29. The Labute approximate surface area is 199 Å². The molecule has 3 heterocycles. The number of carbonyl (C=O) groups is 1. The van der Waals surface area contributed by atoms with E-state index in [1.54, 1.807) is 18.3 Å². The third-order valence-electron chi connectivity index (χ3n) is 6.20. The third kappa shape index (κ3) is 4.38. The van der Waals surface area contributed by atoms with Crippen molar-refractivity contribution in [1.82, 2.24) is 20.0 Å². The Hall–Kier alpha value is -2.45. The van der Waals surface area contributed by atoms with Gasteiger partial charge in [0.1, 0.15) is 5.82 Å². The second kappa shape index (κ2) is 9.19. The molecule has 1 aliphatic carbocycles. The summed E-state index contributed by atoms with van der Waals surface area (Å²) in [6.07, 6.45) is 6.50. The normalized spacial score (nSPS) is 17.2. The van der Waals surface area contributed by atoms with Crippen molar-refractivity contribution in [3.63, 3.8) is 0 Å². The molecule has 0 atom stereocenters. The summed E-state index contributed by atoms with van der Waals surface area (Å²) in [5.74, 6) is 2.56. The van der Waals surface area contributed by atoms with E-state index in [4.69, 9.17) is 16.1 Å². The molecule has 0 unspecified atom stereocenters. The van der Waals surface area contributed by atoms with Gasteiger partial charge in [0.15, 0.2) is 0 Å². The number of rotatable bonds is 4. The van der Waals surface area contributed by atoms with Crippen molar-refractivity contribution in [3.05, 3.63) is 57.5 Å². The Morgan fingerprint density at radius 2 is 1.88 bits per heavy atom. The number of benzene rings is 1. The average Bonchev–Trinajstić information content (AvgIpc) is 3.53. The summed E-state index contributed by atoms with van der Waals surface area (Å²) in [5, 5.41) is 4.61. The van der Waals surface area contributed by atoms with Crippen molar-refractivity contribution in [2.75, 3.05) is 31.1 Å². The lowest BCUT2D eigenvalue weighted by Gasteiger charge is -2.35. The molecule has 0 bridgehead atoms. The molecule has 1 saturated carbocycles. The van der Waals surface area contributed by atoms with Gasteiger partial charge in [-0.2, -0.15) is 4.98 Å². The molecule has 2 aromatic heterocycles. The fraction of sp³-hybridized carbons (Fsp3) is 0.391. The first kappa shape index (κ1) is 21.4. The summed E-state index contributed by atoms with van der Waals surface area (Å²) in [4.78, 5) is 26.1. The zero-order chi connectivity index (χ0) is 22.1. The van der Waals surface area contributed by atoms with Crippen LogP contribution in [-0.2, 0) is 0 Å².